The van der Waals surface area contributed by atoms with Crippen molar-refractivity contribution in [2.75, 3.05) is 40.0 Å². The van der Waals surface area contributed by atoms with Gasteiger partial charge in [0.1, 0.15) is 5.75 Å². The molecule has 1 aromatic rings. The first-order valence-electron chi connectivity index (χ1n) is 7.82. The lowest BCUT2D eigenvalue weighted by Gasteiger charge is -2.27. The number of rotatable bonds is 5. The fourth-order valence-corrected chi connectivity index (χ4v) is 3.20. The summed E-state index contributed by atoms with van der Waals surface area (Å²) in [6.45, 7) is 5.03. The number of fused-ring (bicyclic) bond motifs is 1. The average Bonchev–Trinajstić information content (AvgIpc) is 2.93. The molecule has 3 rings (SSSR count). The number of benzene rings is 1. The van der Waals surface area contributed by atoms with E-state index in [0.29, 0.717) is 0 Å². The third-order valence-corrected chi connectivity index (χ3v) is 4.36. The summed E-state index contributed by atoms with van der Waals surface area (Å²) in [6, 6.07) is 6.66. The van der Waals surface area contributed by atoms with Crippen LogP contribution < -0.4 is 4.74 Å². The number of hydrogen-bond donors (Lipinski definition) is 0. The van der Waals surface area contributed by atoms with Gasteiger partial charge in [-0.3, -0.25) is 0 Å². The molecule has 1 saturated heterocycles. The van der Waals surface area contributed by atoms with Crippen molar-refractivity contribution in [3.63, 3.8) is 0 Å². The smallest absolute Gasteiger partial charge is 0.122 e. The van der Waals surface area contributed by atoms with Gasteiger partial charge in [0.05, 0.1) is 13.2 Å². The largest absolute Gasteiger partial charge is 0.493 e. The van der Waals surface area contributed by atoms with Crippen molar-refractivity contribution in [2.24, 2.45) is 5.92 Å². The van der Waals surface area contributed by atoms with Crippen LogP contribution in [0.5, 0.6) is 5.75 Å². The van der Waals surface area contributed by atoms with E-state index >= 15 is 0 Å². The highest BCUT2D eigenvalue weighted by molar-refractivity contribution is 5.39. The Morgan fingerprint density at radius 1 is 1.30 bits per heavy atom. The van der Waals surface area contributed by atoms with E-state index in [1.54, 1.807) is 0 Å². The maximum Gasteiger partial charge on any atom is 0.122 e. The van der Waals surface area contributed by atoms with E-state index in [4.69, 9.17) is 9.47 Å². The molecule has 3 nitrogen and oxygen atoms in total. The normalized spacial score (nSPS) is 21.8. The lowest BCUT2D eigenvalue weighted by molar-refractivity contribution is 0.0422. The van der Waals surface area contributed by atoms with Crippen LogP contribution in [0.1, 0.15) is 24.0 Å². The van der Waals surface area contributed by atoms with Crippen LogP contribution in [0.3, 0.4) is 0 Å². The van der Waals surface area contributed by atoms with Crippen LogP contribution >= 0.6 is 0 Å². The molecular formula is C17H25NO2. The van der Waals surface area contributed by atoms with Crippen molar-refractivity contribution in [1.29, 1.82) is 0 Å². The summed E-state index contributed by atoms with van der Waals surface area (Å²) in [7, 11) is 2.23. The van der Waals surface area contributed by atoms with E-state index in [1.165, 1.54) is 24.0 Å². The van der Waals surface area contributed by atoms with Crippen LogP contribution in [0.25, 0.3) is 0 Å². The summed E-state index contributed by atoms with van der Waals surface area (Å²) in [5, 5.41) is 0. The third-order valence-electron chi connectivity index (χ3n) is 4.36. The quantitative estimate of drug-likeness (QED) is 0.824. The number of nitrogens with zero attached hydrogens (tertiary/aromatic N) is 1. The second-order valence-electron chi connectivity index (χ2n) is 6.14. The Morgan fingerprint density at radius 3 is 3.10 bits per heavy atom. The zero-order valence-electron chi connectivity index (χ0n) is 12.4. The monoisotopic (exact) mass is 275 g/mol. The maximum atomic E-state index is 5.56. The summed E-state index contributed by atoms with van der Waals surface area (Å²) in [4.78, 5) is 2.45. The molecule has 1 unspecified atom stereocenters. The van der Waals surface area contributed by atoms with Gasteiger partial charge in [-0.25, -0.2) is 0 Å². The zero-order valence-corrected chi connectivity index (χ0v) is 12.4. The molecule has 1 aromatic carbocycles. The van der Waals surface area contributed by atoms with Crippen LogP contribution in [0.2, 0.25) is 0 Å². The van der Waals surface area contributed by atoms with Gasteiger partial charge in [-0.15, -0.1) is 0 Å². The number of hydrogen-bond acceptors (Lipinski definition) is 3. The van der Waals surface area contributed by atoms with Crippen molar-refractivity contribution < 1.29 is 9.47 Å². The molecule has 0 bridgehead atoms. The van der Waals surface area contributed by atoms with Crippen molar-refractivity contribution in [3.8, 4) is 5.75 Å². The topological polar surface area (TPSA) is 21.7 Å². The molecule has 0 aromatic heterocycles. The molecule has 2 heterocycles. The molecule has 20 heavy (non-hydrogen) atoms. The zero-order chi connectivity index (χ0) is 13.8. The van der Waals surface area contributed by atoms with E-state index in [9.17, 15) is 0 Å². The molecule has 1 atom stereocenters. The predicted octanol–water partition coefficient (Wildman–Crippen LogP) is 2.52. The van der Waals surface area contributed by atoms with E-state index in [2.05, 4.69) is 30.1 Å². The Balaban J connectivity index is 1.46. The summed E-state index contributed by atoms with van der Waals surface area (Å²) in [6.07, 6.45) is 4.74. The highest BCUT2D eigenvalue weighted by atomic mass is 16.5. The molecule has 2 aliphatic heterocycles. The van der Waals surface area contributed by atoms with Gasteiger partial charge in [0.25, 0.3) is 0 Å². The van der Waals surface area contributed by atoms with Crippen LogP contribution in [0, 0.1) is 5.92 Å². The first kappa shape index (κ1) is 13.9. The lowest BCUT2D eigenvalue weighted by Crippen LogP contribution is -2.32. The minimum absolute atomic E-state index is 0.724. The van der Waals surface area contributed by atoms with E-state index in [-0.39, 0.29) is 0 Å². The summed E-state index contributed by atoms with van der Waals surface area (Å²) in [5.74, 6) is 1.81. The molecular weight excluding hydrogens is 250 g/mol. The Labute approximate surface area is 121 Å². The van der Waals surface area contributed by atoms with Crippen molar-refractivity contribution in [1.82, 2.24) is 4.90 Å². The summed E-state index contributed by atoms with van der Waals surface area (Å²) < 4.78 is 11.1. The highest BCUT2D eigenvalue weighted by Crippen LogP contribution is 2.26. The van der Waals surface area contributed by atoms with Crippen molar-refractivity contribution in [2.45, 2.75) is 25.7 Å². The number of ether oxygens (including phenoxy) is 2. The summed E-state index contributed by atoms with van der Waals surface area (Å²) in [5.41, 5.74) is 2.81. The SMILES string of the molecule is CN(CCc1ccc2c(c1)CCO2)CC1CCCOC1. The van der Waals surface area contributed by atoms with Gasteiger partial charge in [0.2, 0.25) is 0 Å². The van der Waals surface area contributed by atoms with Gasteiger partial charge in [-0.1, -0.05) is 12.1 Å². The first-order valence-corrected chi connectivity index (χ1v) is 7.82. The average molecular weight is 275 g/mol. The van der Waals surface area contributed by atoms with Gasteiger partial charge in [0, 0.05) is 26.1 Å². The van der Waals surface area contributed by atoms with Gasteiger partial charge in [-0.05, 0) is 49.4 Å². The Bertz CT molecular complexity index is 441. The molecule has 2 aliphatic rings. The van der Waals surface area contributed by atoms with Crippen LogP contribution in [-0.2, 0) is 17.6 Å². The number of likely N-dealkylation sites (N-methyl/N-ethyl adjacent to an activating group) is 1. The van der Waals surface area contributed by atoms with Gasteiger partial charge in [0.15, 0.2) is 0 Å². The molecule has 110 valence electrons. The molecule has 0 saturated carbocycles. The van der Waals surface area contributed by atoms with Crippen LogP contribution in [-0.4, -0.2) is 44.9 Å². The van der Waals surface area contributed by atoms with Crippen LogP contribution in [0.4, 0.5) is 0 Å². The van der Waals surface area contributed by atoms with E-state index in [1.807, 2.05) is 0 Å². The Kier molecular flexibility index (Phi) is 4.58. The fourth-order valence-electron chi connectivity index (χ4n) is 3.20. The van der Waals surface area contributed by atoms with Crippen molar-refractivity contribution in [3.05, 3.63) is 29.3 Å². The van der Waals surface area contributed by atoms with Crippen molar-refractivity contribution >= 4 is 0 Å². The molecule has 0 radical (unpaired) electrons. The molecule has 0 N–H and O–H groups in total. The fraction of sp³-hybridized carbons (Fsp3) is 0.647. The molecule has 0 spiro atoms. The minimum atomic E-state index is 0.724. The molecule has 1 fully saturated rings. The standard InChI is InChI=1S/C17H25NO2/c1-18(12-15-3-2-9-19-13-15)8-6-14-4-5-17-16(11-14)7-10-20-17/h4-5,11,15H,2-3,6-10,12-13H2,1H3. The highest BCUT2D eigenvalue weighted by Gasteiger charge is 2.16. The van der Waals surface area contributed by atoms with Crippen LogP contribution in [0.15, 0.2) is 18.2 Å². The molecule has 0 aliphatic carbocycles. The van der Waals surface area contributed by atoms with Gasteiger partial charge >= 0.3 is 0 Å². The lowest BCUT2D eigenvalue weighted by atomic mass is 10.0. The third kappa shape index (κ3) is 3.53. The second-order valence-corrected chi connectivity index (χ2v) is 6.14. The van der Waals surface area contributed by atoms with E-state index < -0.39 is 0 Å². The second kappa shape index (κ2) is 6.59. The minimum Gasteiger partial charge on any atom is -0.493 e. The predicted molar refractivity (Wildman–Crippen MR) is 80.4 cm³/mol. The first-order chi connectivity index (χ1) is 9.81. The maximum absolute atomic E-state index is 5.56. The summed E-state index contributed by atoms with van der Waals surface area (Å²) >= 11 is 0. The Hall–Kier alpha value is -1.06. The van der Waals surface area contributed by atoms with Gasteiger partial charge in [-0.2, -0.15) is 0 Å². The Morgan fingerprint density at radius 2 is 2.25 bits per heavy atom. The van der Waals surface area contributed by atoms with Gasteiger partial charge < -0.3 is 14.4 Å². The van der Waals surface area contributed by atoms with E-state index in [0.717, 1.165) is 57.4 Å². The molecule has 0 amide bonds. The molecule has 3 heteroatoms.